The van der Waals surface area contributed by atoms with E-state index in [9.17, 15) is 18.0 Å². The van der Waals surface area contributed by atoms with E-state index in [0.717, 1.165) is 0 Å². The molecule has 1 N–H and O–H groups in total. The van der Waals surface area contributed by atoms with Gasteiger partial charge in [0.1, 0.15) is 7.85 Å². The van der Waals surface area contributed by atoms with Gasteiger partial charge in [0, 0.05) is 12.0 Å². The molecule has 1 rings (SSSR count). The minimum absolute atomic E-state index is 0.0724. The van der Waals surface area contributed by atoms with Gasteiger partial charge in [0.05, 0.1) is 6.10 Å². The van der Waals surface area contributed by atoms with Crippen LogP contribution in [0.3, 0.4) is 0 Å². The number of nitrogens with zero attached hydrogens (tertiary/aromatic N) is 1. The molecule has 78 valence electrons. The predicted molar refractivity (Wildman–Crippen MR) is 42.5 cm³/mol. The number of alkyl halides is 3. The second-order valence-electron chi connectivity index (χ2n) is 3.35. The first kappa shape index (κ1) is 11.4. The van der Waals surface area contributed by atoms with Crippen molar-refractivity contribution in [1.82, 2.24) is 4.90 Å². The van der Waals surface area contributed by atoms with Crippen LogP contribution in [0.15, 0.2) is 0 Å². The summed E-state index contributed by atoms with van der Waals surface area (Å²) in [6.07, 6.45) is -5.95. The van der Waals surface area contributed by atoms with Crippen LogP contribution in [0.25, 0.3) is 0 Å². The largest absolute Gasteiger partial charge is 0.471 e. The van der Waals surface area contributed by atoms with Crippen molar-refractivity contribution in [3.63, 3.8) is 0 Å². The molecule has 7 heteroatoms. The lowest BCUT2D eigenvalue weighted by molar-refractivity contribution is -0.187. The van der Waals surface area contributed by atoms with Gasteiger partial charge in [0.15, 0.2) is 0 Å². The highest BCUT2D eigenvalue weighted by atomic mass is 19.4. The summed E-state index contributed by atoms with van der Waals surface area (Å²) >= 11 is 0. The molecule has 1 aliphatic rings. The van der Waals surface area contributed by atoms with Crippen LogP contribution in [-0.4, -0.2) is 48.0 Å². The average molecular weight is 207 g/mol. The van der Waals surface area contributed by atoms with Crippen molar-refractivity contribution >= 4 is 13.8 Å². The van der Waals surface area contributed by atoms with E-state index in [-0.39, 0.29) is 6.42 Å². The number of rotatable bonds is 0. The van der Waals surface area contributed by atoms with Gasteiger partial charge in [-0.15, -0.1) is 0 Å². The minimum atomic E-state index is -4.93. The molecule has 1 saturated heterocycles. The fraction of sp³-hybridized carbons (Fsp3) is 0.857. The second-order valence-corrected chi connectivity index (χ2v) is 3.35. The summed E-state index contributed by atoms with van der Waals surface area (Å²) in [5.41, 5.74) is 0. The Morgan fingerprint density at radius 2 is 2.07 bits per heavy atom. The Hall–Kier alpha value is -0.715. The van der Waals surface area contributed by atoms with Crippen LogP contribution >= 0.6 is 0 Å². The smallest absolute Gasteiger partial charge is 0.392 e. The molecule has 1 amide bonds. The maximum Gasteiger partial charge on any atom is 0.471 e. The van der Waals surface area contributed by atoms with Gasteiger partial charge in [0.25, 0.3) is 0 Å². The number of hydrogen-bond acceptors (Lipinski definition) is 2. The Bertz CT molecular complexity index is 246. The molecule has 0 aliphatic carbocycles. The summed E-state index contributed by atoms with van der Waals surface area (Å²) in [5, 5.41) is 9.17. The molecule has 1 aliphatic heterocycles. The fourth-order valence-electron chi connectivity index (χ4n) is 1.56. The molecular weight excluding hydrogens is 198 g/mol. The number of carbonyl (C=O) groups excluding carboxylic acids is 1. The Balaban J connectivity index is 2.83. The van der Waals surface area contributed by atoms with Gasteiger partial charge in [-0.3, -0.25) is 4.79 Å². The Kier molecular flexibility index (Phi) is 2.80. The van der Waals surface area contributed by atoms with Crippen LogP contribution in [0.5, 0.6) is 0 Å². The third-order valence-electron chi connectivity index (χ3n) is 2.25. The number of hydrogen-bond donors (Lipinski definition) is 1. The number of halogens is 3. The zero-order chi connectivity index (χ0) is 11.1. The summed E-state index contributed by atoms with van der Waals surface area (Å²) in [7, 11) is 5.27. The van der Waals surface area contributed by atoms with Crippen LogP contribution in [0, 0.1) is 0 Å². The SMILES string of the molecule is [B][C@H]1[C@H](O)C[C@@H](C)N1C(=O)C(F)(F)F. The van der Waals surface area contributed by atoms with Crippen molar-refractivity contribution in [3.05, 3.63) is 0 Å². The molecule has 0 saturated carbocycles. The quantitative estimate of drug-likeness (QED) is 0.569. The van der Waals surface area contributed by atoms with Crippen LogP contribution in [0.1, 0.15) is 13.3 Å². The first-order chi connectivity index (χ1) is 6.25. The van der Waals surface area contributed by atoms with Gasteiger partial charge in [0.2, 0.25) is 0 Å². The van der Waals surface area contributed by atoms with E-state index in [2.05, 4.69) is 0 Å². The first-order valence-electron chi connectivity index (χ1n) is 4.08. The Morgan fingerprint density at radius 3 is 2.36 bits per heavy atom. The highest BCUT2D eigenvalue weighted by molar-refractivity contribution is 6.14. The Morgan fingerprint density at radius 1 is 1.57 bits per heavy atom. The zero-order valence-corrected chi connectivity index (χ0v) is 7.45. The highest BCUT2D eigenvalue weighted by Crippen LogP contribution is 2.28. The van der Waals surface area contributed by atoms with E-state index in [4.69, 9.17) is 13.0 Å². The third-order valence-corrected chi connectivity index (χ3v) is 2.25. The lowest BCUT2D eigenvalue weighted by atomic mass is 9.92. The van der Waals surface area contributed by atoms with Gasteiger partial charge >= 0.3 is 12.1 Å². The van der Waals surface area contributed by atoms with E-state index in [0.29, 0.717) is 4.90 Å². The van der Waals surface area contributed by atoms with Crippen molar-refractivity contribution in [3.8, 4) is 0 Å². The molecule has 0 spiro atoms. The molecule has 0 unspecified atom stereocenters. The monoisotopic (exact) mass is 207 g/mol. The molecule has 0 aromatic carbocycles. The molecule has 3 nitrogen and oxygen atoms in total. The summed E-state index contributed by atoms with van der Waals surface area (Å²) in [6.45, 7) is 1.42. The number of carbonyl (C=O) groups is 1. The molecule has 0 aromatic heterocycles. The van der Waals surface area contributed by atoms with E-state index >= 15 is 0 Å². The van der Waals surface area contributed by atoms with Crippen LogP contribution in [-0.2, 0) is 4.79 Å². The average Bonchev–Trinajstić information content (AvgIpc) is 2.24. The van der Waals surface area contributed by atoms with Crippen LogP contribution < -0.4 is 0 Å². The summed E-state index contributed by atoms with van der Waals surface area (Å²) in [4.78, 5) is 11.3. The maximum absolute atomic E-state index is 12.0. The molecule has 0 aromatic rings. The van der Waals surface area contributed by atoms with E-state index in [1.54, 1.807) is 0 Å². The maximum atomic E-state index is 12.0. The lowest BCUT2D eigenvalue weighted by Crippen LogP contribution is -2.48. The van der Waals surface area contributed by atoms with Crippen molar-refractivity contribution in [2.24, 2.45) is 0 Å². The van der Waals surface area contributed by atoms with Crippen molar-refractivity contribution in [2.45, 2.75) is 37.6 Å². The fourth-order valence-corrected chi connectivity index (χ4v) is 1.56. The standard InChI is InChI=1S/C7H9BF3NO2/c1-3-2-4(13)5(8)12(3)6(14)7(9,10)11/h3-5,13H,2H2,1H3/t3-,4-,5-/m1/s1. The third kappa shape index (κ3) is 1.87. The number of amides is 1. The van der Waals surface area contributed by atoms with Crippen molar-refractivity contribution in [2.75, 3.05) is 0 Å². The van der Waals surface area contributed by atoms with Gasteiger partial charge in [-0.2, -0.15) is 13.2 Å². The van der Waals surface area contributed by atoms with Gasteiger partial charge in [-0.1, -0.05) is 0 Å². The number of aliphatic hydroxyl groups excluding tert-OH is 1. The summed E-state index contributed by atoms with van der Waals surface area (Å²) in [6, 6.07) is -0.686. The molecular formula is C7H9BF3NO2. The van der Waals surface area contributed by atoms with Crippen LogP contribution in [0.4, 0.5) is 13.2 Å². The predicted octanol–water partition coefficient (Wildman–Crippen LogP) is 0.0250. The van der Waals surface area contributed by atoms with Crippen molar-refractivity contribution in [1.29, 1.82) is 0 Å². The van der Waals surface area contributed by atoms with E-state index < -0.39 is 30.2 Å². The van der Waals surface area contributed by atoms with E-state index in [1.165, 1.54) is 6.92 Å². The molecule has 14 heavy (non-hydrogen) atoms. The minimum Gasteiger partial charge on any atom is -0.392 e. The normalized spacial score (nSPS) is 33.5. The van der Waals surface area contributed by atoms with Gasteiger partial charge < -0.3 is 10.0 Å². The van der Waals surface area contributed by atoms with Crippen molar-refractivity contribution < 1.29 is 23.1 Å². The number of likely N-dealkylation sites (tertiary alicyclic amines) is 1. The molecule has 0 bridgehead atoms. The highest BCUT2D eigenvalue weighted by Gasteiger charge is 2.49. The molecule has 1 fully saturated rings. The Labute approximate surface area is 80.3 Å². The zero-order valence-electron chi connectivity index (χ0n) is 7.45. The summed E-state index contributed by atoms with van der Waals surface area (Å²) in [5.74, 6) is -3.26. The lowest BCUT2D eigenvalue weighted by Gasteiger charge is -2.27. The summed E-state index contributed by atoms with van der Waals surface area (Å²) < 4.78 is 36.1. The van der Waals surface area contributed by atoms with Crippen LogP contribution in [0.2, 0.25) is 0 Å². The number of aliphatic hydroxyl groups is 1. The van der Waals surface area contributed by atoms with E-state index in [1.807, 2.05) is 0 Å². The van der Waals surface area contributed by atoms with Gasteiger partial charge in [-0.05, 0) is 13.3 Å². The second kappa shape index (κ2) is 3.45. The topological polar surface area (TPSA) is 40.5 Å². The molecule has 2 radical (unpaired) electrons. The molecule has 3 atom stereocenters. The van der Waals surface area contributed by atoms with Gasteiger partial charge in [-0.25, -0.2) is 0 Å². The first-order valence-corrected chi connectivity index (χ1v) is 4.08. The molecule has 1 heterocycles.